The monoisotopic (exact) mass is 1290 g/mol. The Balaban J connectivity index is 1.08. The van der Waals surface area contributed by atoms with Crippen LogP contribution in [0.3, 0.4) is 0 Å². The zero-order valence-electron chi connectivity index (χ0n) is 63.7. The molecule has 0 heterocycles. The fourth-order valence-corrected chi connectivity index (χ4v) is 13.9. The zero-order valence-corrected chi connectivity index (χ0v) is 63.7. The Hall–Kier alpha value is -8.72. The van der Waals surface area contributed by atoms with Crippen LogP contribution in [0.1, 0.15) is 211 Å². The third kappa shape index (κ3) is 14.0. The van der Waals surface area contributed by atoms with Crippen LogP contribution in [0.4, 0.5) is 34.1 Å². The summed E-state index contributed by atoms with van der Waals surface area (Å²) in [5.74, 6) is 0. The molecule has 12 aromatic carbocycles. The largest absolute Gasteiger partial charge is 0.310 e. The smallest absolute Gasteiger partial charge is 0.0540 e. The molecule has 0 radical (unpaired) electrons. The molecule has 0 aliphatic carbocycles. The molecule has 2 heteroatoms. The van der Waals surface area contributed by atoms with Crippen molar-refractivity contribution in [3.05, 3.63) is 263 Å². The van der Waals surface area contributed by atoms with E-state index in [1.54, 1.807) is 0 Å². The first-order chi connectivity index (χ1) is 45.6. The number of benzene rings is 12. The molecule has 0 aromatic heterocycles. The minimum Gasteiger partial charge on any atom is -0.310 e. The van der Waals surface area contributed by atoms with Crippen molar-refractivity contribution in [1.82, 2.24) is 0 Å². The number of hydrogen-bond acceptors (Lipinski definition) is 2. The molecular formula is C96H108N2. The molecule has 502 valence electrons. The predicted molar refractivity (Wildman–Crippen MR) is 431 cm³/mol. The second-order valence-electron chi connectivity index (χ2n) is 36.7. The summed E-state index contributed by atoms with van der Waals surface area (Å²) in [5.41, 5.74) is 27.1. The van der Waals surface area contributed by atoms with E-state index in [1.807, 2.05) is 0 Å². The Morgan fingerprint density at radius 2 is 0.418 bits per heavy atom. The molecule has 98 heavy (non-hydrogen) atoms. The van der Waals surface area contributed by atoms with Crippen molar-refractivity contribution in [3.63, 3.8) is 0 Å². The van der Waals surface area contributed by atoms with Crippen LogP contribution < -0.4 is 9.80 Å². The van der Waals surface area contributed by atoms with Gasteiger partial charge in [-0.05, 0) is 215 Å². The summed E-state index contributed by atoms with van der Waals surface area (Å²) in [6.45, 7) is 55.9. The van der Waals surface area contributed by atoms with Crippen molar-refractivity contribution in [2.75, 3.05) is 9.80 Å². The van der Waals surface area contributed by atoms with Crippen molar-refractivity contribution in [1.29, 1.82) is 0 Å². The van der Waals surface area contributed by atoms with Crippen molar-refractivity contribution in [2.24, 2.45) is 0 Å². The third-order valence-electron chi connectivity index (χ3n) is 20.6. The second kappa shape index (κ2) is 24.6. The second-order valence-corrected chi connectivity index (χ2v) is 36.7. The van der Waals surface area contributed by atoms with E-state index in [2.05, 4.69) is 394 Å². The summed E-state index contributed by atoms with van der Waals surface area (Å²) in [7, 11) is 0. The molecule has 0 aliphatic rings. The van der Waals surface area contributed by atoms with Crippen molar-refractivity contribution in [3.8, 4) is 44.5 Å². The molecule has 0 N–H and O–H groups in total. The molecule has 0 atom stereocenters. The van der Waals surface area contributed by atoms with Crippen LogP contribution in [-0.2, 0) is 43.3 Å². The standard InChI is InChI=1S/C96H108N2/c1-89(2,3)71-47-67(48-72(57-71)90(4,5)6)61-31-39-79(40-32-61)97(81-29-25-27-65(55-81)69-51-75(93(13,14)15)59-76(52-69)94(16,17)18)85-45-37-63-36-44-84-86(46-38-64-35-43-83(85)87(63)88(64)84)98(80-41-33-62(34-42-80)68-49-73(91(7,8)9)58-74(50-68)92(10,11)12)82-30-26-28-66(56-82)70-53-77(95(19,20)21)60-78(54-70)96(22,23)24/h25-60H,1-24H3. The third-order valence-corrected chi connectivity index (χ3v) is 20.6. The van der Waals surface area contributed by atoms with Crippen LogP contribution >= 0.6 is 0 Å². The van der Waals surface area contributed by atoms with Crippen molar-refractivity contribution >= 4 is 66.4 Å². The van der Waals surface area contributed by atoms with Crippen LogP contribution in [0.2, 0.25) is 0 Å². The van der Waals surface area contributed by atoms with Gasteiger partial charge in [0.25, 0.3) is 0 Å². The first-order valence-corrected chi connectivity index (χ1v) is 35.9. The Bertz CT molecular complexity index is 4510. The summed E-state index contributed by atoms with van der Waals surface area (Å²) in [6.07, 6.45) is 0. The number of nitrogens with zero attached hydrogens (tertiary/aromatic N) is 2. The number of rotatable bonds is 10. The topological polar surface area (TPSA) is 6.48 Å². The Labute approximate surface area is 589 Å². The van der Waals surface area contributed by atoms with Gasteiger partial charge in [0.2, 0.25) is 0 Å². The van der Waals surface area contributed by atoms with Gasteiger partial charge in [-0.25, -0.2) is 0 Å². The van der Waals surface area contributed by atoms with Gasteiger partial charge in [0, 0.05) is 33.5 Å². The molecule has 0 unspecified atom stereocenters. The average molecular weight is 1290 g/mol. The van der Waals surface area contributed by atoms with Gasteiger partial charge in [0.05, 0.1) is 11.4 Å². The van der Waals surface area contributed by atoms with Crippen molar-refractivity contribution < 1.29 is 0 Å². The lowest BCUT2D eigenvalue weighted by Crippen LogP contribution is -2.16. The first kappa shape index (κ1) is 69.2. The maximum atomic E-state index is 2.52. The van der Waals surface area contributed by atoms with Gasteiger partial charge in [-0.3, -0.25) is 0 Å². The van der Waals surface area contributed by atoms with E-state index in [0.717, 1.165) is 34.1 Å². The lowest BCUT2D eigenvalue weighted by molar-refractivity contribution is 0.568. The lowest BCUT2D eigenvalue weighted by Gasteiger charge is -2.30. The van der Waals surface area contributed by atoms with Gasteiger partial charge in [-0.15, -0.1) is 0 Å². The number of hydrogen-bond donors (Lipinski definition) is 0. The Morgan fingerprint density at radius 1 is 0.184 bits per heavy atom. The Kier molecular flexibility index (Phi) is 17.4. The summed E-state index contributed by atoms with van der Waals surface area (Å²) in [6, 6.07) is 85.3. The summed E-state index contributed by atoms with van der Waals surface area (Å²) in [5, 5.41) is 7.33. The highest BCUT2D eigenvalue weighted by atomic mass is 15.1. The van der Waals surface area contributed by atoms with E-state index in [0.29, 0.717) is 0 Å². The van der Waals surface area contributed by atoms with Gasteiger partial charge in [-0.2, -0.15) is 0 Å². The molecule has 12 rings (SSSR count). The minimum absolute atomic E-state index is 0.00496. The fourth-order valence-electron chi connectivity index (χ4n) is 13.9. The van der Waals surface area contributed by atoms with Crippen LogP contribution in [-0.4, -0.2) is 0 Å². The molecule has 0 spiro atoms. The van der Waals surface area contributed by atoms with E-state index in [1.165, 1.54) is 121 Å². The van der Waals surface area contributed by atoms with Gasteiger partial charge < -0.3 is 9.80 Å². The van der Waals surface area contributed by atoms with Gasteiger partial charge in [-0.1, -0.05) is 324 Å². The highest BCUT2D eigenvalue weighted by Crippen LogP contribution is 2.50. The molecule has 0 saturated heterocycles. The van der Waals surface area contributed by atoms with Crippen LogP contribution in [0, 0.1) is 0 Å². The molecule has 0 amide bonds. The first-order valence-electron chi connectivity index (χ1n) is 35.9. The Morgan fingerprint density at radius 3 is 0.663 bits per heavy atom. The average Bonchev–Trinajstić information content (AvgIpc) is 0.720. The SMILES string of the molecule is CC(C)(C)c1cc(-c2ccc(N(c3cccc(-c4cc(C(C)(C)C)cc(C(C)(C)C)c4)c3)c3ccc4ccc5c(N(c6ccc(-c7cc(C(C)(C)C)cc(C(C)(C)C)c7)cc6)c6cccc(-c7cc(C(C)(C)C)cc(C(C)(C)C)c7)c6)ccc6ccc3c4c65)cc2)cc(C(C)(C)C)c1. The van der Waals surface area contributed by atoms with Gasteiger partial charge in [0.1, 0.15) is 0 Å². The fraction of sp³-hybridized carbons (Fsp3) is 0.333. The predicted octanol–water partition coefficient (Wildman–Crippen LogP) is 28.6. The van der Waals surface area contributed by atoms with E-state index in [4.69, 9.17) is 0 Å². The zero-order chi connectivity index (χ0) is 70.8. The maximum Gasteiger partial charge on any atom is 0.0540 e. The summed E-state index contributed by atoms with van der Waals surface area (Å²) >= 11 is 0. The summed E-state index contributed by atoms with van der Waals surface area (Å²) < 4.78 is 0. The van der Waals surface area contributed by atoms with Crippen LogP contribution in [0.25, 0.3) is 76.8 Å². The molecular weight excluding hydrogens is 1180 g/mol. The summed E-state index contributed by atoms with van der Waals surface area (Å²) in [4.78, 5) is 5.04. The molecule has 12 aromatic rings. The molecule has 0 aliphatic heterocycles. The van der Waals surface area contributed by atoms with Gasteiger partial charge in [0.15, 0.2) is 0 Å². The van der Waals surface area contributed by atoms with E-state index in [9.17, 15) is 0 Å². The van der Waals surface area contributed by atoms with E-state index in [-0.39, 0.29) is 43.3 Å². The highest BCUT2D eigenvalue weighted by Gasteiger charge is 2.29. The maximum absolute atomic E-state index is 2.52. The molecule has 2 nitrogen and oxygen atoms in total. The molecule has 0 fully saturated rings. The van der Waals surface area contributed by atoms with E-state index < -0.39 is 0 Å². The van der Waals surface area contributed by atoms with Gasteiger partial charge >= 0.3 is 0 Å². The quantitative estimate of drug-likeness (QED) is 0.126. The normalized spacial score (nSPS) is 13.1. The van der Waals surface area contributed by atoms with Crippen molar-refractivity contribution in [2.45, 2.75) is 209 Å². The molecule has 0 saturated carbocycles. The minimum atomic E-state index is -0.0281. The molecule has 0 bridgehead atoms. The van der Waals surface area contributed by atoms with E-state index >= 15 is 0 Å². The lowest BCUT2D eigenvalue weighted by atomic mass is 9.79. The van der Waals surface area contributed by atoms with Crippen LogP contribution in [0.15, 0.2) is 218 Å². The number of anilines is 6. The highest BCUT2D eigenvalue weighted by molar-refractivity contribution is 6.28. The van der Waals surface area contributed by atoms with Crippen LogP contribution in [0.5, 0.6) is 0 Å².